The Kier molecular flexibility index (Phi) is 8.29. The van der Waals surface area contributed by atoms with Crippen molar-refractivity contribution >= 4 is 5.96 Å². The summed E-state index contributed by atoms with van der Waals surface area (Å²) in [5, 5.41) is 12.1. The molecule has 1 aromatic rings. The maximum absolute atomic E-state index is 5.46. The van der Waals surface area contributed by atoms with Gasteiger partial charge in [-0.25, -0.2) is 4.99 Å². The molecule has 29 heavy (non-hydrogen) atoms. The third kappa shape index (κ3) is 5.92. The minimum atomic E-state index is 0.559. The maximum atomic E-state index is 5.46. The zero-order valence-corrected chi connectivity index (χ0v) is 18.7. The number of ether oxygens (including phenoxy) is 1. The third-order valence-corrected chi connectivity index (χ3v) is 6.61. The Labute approximate surface area is 175 Å². The molecule has 2 fully saturated rings. The van der Waals surface area contributed by atoms with Gasteiger partial charge in [0.25, 0.3) is 0 Å². The van der Waals surface area contributed by atoms with Gasteiger partial charge in [0.2, 0.25) is 0 Å². The second-order valence-electron chi connectivity index (χ2n) is 8.31. The van der Waals surface area contributed by atoms with E-state index in [1.54, 1.807) is 0 Å². The van der Waals surface area contributed by atoms with E-state index >= 15 is 0 Å². The molecule has 0 aromatic carbocycles. The van der Waals surface area contributed by atoms with E-state index in [1.165, 1.54) is 19.3 Å². The average molecular weight is 406 g/mol. The van der Waals surface area contributed by atoms with Crippen molar-refractivity contribution in [1.82, 2.24) is 29.9 Å². The first kappa shape index (κ1) is 22.0. The highest BCUT2D eigenvalue weighted by molar-refractivity contribution is 5.80. The summed E-state index contributed by atoms with van der Waals surface area (Å²) >= 11 is 0. The van der Waals surface area contributed by atoms with Crippen LogP contribution in [0.25, 0.3) is 0 Å². The number of aryl methyl sites for hydroxylation is 1. The molecule has 164 valence electrons. The van der Waals surface area contributed by atoms with E-state index in [2.05, 4.69) is 39.2 Å². The summed E-state index contributed by atoms with van der Waals surface area (Å²) in [6.45, 7) is 15.0. The van der Waals surface area contributed by atoms with Crippen LogP contribution in [0.15, 0.2) is 4.99 Å². The van der Waals surface area contributed by atoms with Crippen LogP contribution < -0.4 is 5.32 Å². The minimum Gasteiger partial charge on any atom is -0.379 e. The highest BCUT2D eigenvalue weighted by Gasteiger charge is 2.29. The number of guanidine groups is 1. The number of nitrogens with zero attached hydrogens (tertiary/aromatic N) is 6. The summed E-state index contributed by atoms with van der Waals surface area (Å²) in [6.07, 6.45) is 3.80. The molecule has 1 N–H and O–H groups in total. The van der Waals surface area contributed by atoms with Crippen molar-refractivity contribution in [3.8, 4) is 0 Å². The summed E-state index contributed by atoms with van der Waals surface area (Å²) in [7, 11) is 2.00. The van der Waals surface area contributed by atoms with Gasteiger partial charge in [-0.05, 0) is 25.2 Å². The number of morpholine rings is 1. The molecule has 8 heteroatoms. The van der Waals surface area contributed by atoms with E-state index in [0.29, 0.717) is 6.54 Å². The molecule has 3 rings (SSSR count). The molecule has 0 amide bonds. The zero-order valence-electron chi connectivity index (χ0n) is 18.7. The van der Waals surface area contributed by atoms with Crippen LogP contribution in [0.5, 0.6) is 0 Å². The number of rotatable bonds is 8. The van der Waals surface area contributed by atoms with Crippen molar-refractivity contribution in [2.45, 2.75) is 46.6 Å². The van der Waals surface area contributed by atoms with E-state index in [4.69, 9.17) is 9.73 Å². The van der Waals surface area contributed by atoms with Crippen LogP contribution in [0, 0.1) is 18.8 Å². The van der Waals surface area contributed by atoms with Gasteiger partial charge in [-0.2, -0.15) is 0 Å². The molecule has 0 bridgehead atoms. The van der Waals surface area contributed by atoms with E-state index in [9.17, 15) is 0 Å². The fraction of sp³-hybridized carbons (Fsp3) is 0.857. The number of hydrogen-bond acceptors (Lipinski definition) is 5. The fourth-order valence-corrected chi connectivity index (χ4v) is 4.47. The Balaban J connectivity index is 1.62. The van der Waals surface area contributed by atoms with Crippen LogP contribution in [0.2, 0.25) is 0 Å². The lowest BCUT2D eigenvalue weighted by atomic mass is 9.87. The van der Waals surface area contributed by atoms with E-state index in [1.807, 2.05) is 18.5 Å². The largest absolute Gasteiger partial charge is 0.379 e. The van der Waals surface area contributed by atoms with Crippen LogP contribution >= 0.6 is 0 Å². The van der Waals surface area contributed by atoms with Gasteiger partial charge in [0.05, 0.1) is 13.2 Å². The molecule has 2 saturated heterocycles. The first-order valence-corrected chi connectivity index (χ1v) is 11.3. The molecule has 8 nitrogen and oxygen atoms in total. The predicted octanol–water partition coefficient (Wildman–Crippen LogP) is 1.66. The second-order valence-corrected chi connectivity index (χ2v) is 8.31. The SMILES string of the molecule is CCC(CC)C1CCN(C(=NCc2nnc(C)n2C)NCCN2CCOCC2)C1. The molecule has 0 saturated carbocycles. The summed E-state index contributed by atoms with van der Waals surface area (Å²) in [5.41, 5.74) is 0. The van der Waals surface area contributed by atoms with Crippen molar-refractivity contribution in [3.05, 3.63) is 11.6 Å². The van der Waals surface area contributed by atoms with E-state index in [-0.39, 0.29) is 0 Å². The number of aliphatic imine (C=N–C) groups is 1. The van der Waals surface area contributed by atoms with Crippen molar-refractivity contribution in [3.63, 3.8) is 0 Å². The first-order chi connectivity index (χ1) is 14.1. The minimum absolute atomic E-state index is 0.559. The van der Waals surface area contributed by atoms with E-state index < -0.39 is 0 Å². The Morgan fingerprint density at radius 2 is 1.97 bits per heavy atom. The van der Waals surface area contributed by atoms with Gasteiger partial charge in [0.15, 0.2) is 11.8 Å². The molecule has 1 atom stereocenters. The zero-order chi connectivity index (χ0) is 20.6. The lowest BCUT2D eigenvalue weighted by Crippen LogP contribution is -2.45. The predicted molar refractivity (Wildman–Crippen MR) is 116 cm³/mol. The van der Waals surface area contributed by atoms with Crippen LogP contribution in [0.1, 0.15) is 44.8 Å². The van der Waals surface area contributed by atoms with E-state index in [0.717, 1.165) is 81.9 Å². The molecule has 0 radical (unpaired) electrons. The lowest BCUT2D eigenvalue weighted by molar-refractivity contribution is 0.0388. The van der Waals surface area contributed by atoms with Crippen LogP contribution in [0.3, 0.4) is 0 Å². The average Bonchev–Trinajstić information content (AvgIpc) is 3.34. The van der Waals surface area contributed by atoms with Gasteiger partial charge in [0.1, 0.15) is 12.4 Å². The smallest absolute Gasteiger partial charge is 0.194 e. The molecule has 2 aliphatic rings. The maximum Gasteiger partial charge on any atom is 0.194 e. The van der Waals surface area contributed by atoms with Crippen LogP contribution in [-0.4, -0.2) is 83.0 Å². The van der Waals surface area contributed by atoms with Crippen molar-refractivity contribution in [2.24, 2.45) is 23.9 Å². The number of likely N-dealkylation sites (tertiary alicyclic amines) is 1. The number of aromatic nitrogens is 3. The number of nitrogens with one attached hydrogen (secondary N) is 1. The normalized spacial score (nSPS) is 21.3. The van der Waals surface area contributed by atoms with Gasteiger partial charge in [0, 0.05) is 46.3 Å². The molecular formula is C21H39N7O. The fourth-order valence-electron chi connectivity index (χ4n) is 4.47. The highest BCUT2D eigenvalue weighted by Crippen LogP contribution is 2.28. The lowest BCUT2D eigenvalue weighted by Gasteiger charge is -2.28. The van der Waals surface area contributed by atoms with Crippen LogP contribution in [0.4, 0.5) is 0 Å². The topological polar surface area (TPSA) is 70.8 Å². The summed E-state index contributed by atoms with van der Waals surface area (Å²) in [4.78, 5) is 9.85. The van der Waals surface area contributed by atoms with Gasteiger partial charge >= 0.3 is 0 Å². The monoisotopic (exact) mass is 405 g/mol. The molecule has 2 aliphatic heterocycles. The summed E-state index contributed by atoms with van der Waals surface area (Å²) in [6, 6.07) is 0. The van der Waals surface area contributed by atoms with Crippen molar-refractivity contribution < 1.29 is 4.74 Å². The van der Waals surface area contributed by atoms with Crippen LogP contribution in [-0.2, 0) is 18.3 Å². The standard InChI is InChI=1S/C21H39N7O/c1-5-18(6-2)19-7-9-28(16-19)21(22-8-10-27-11-13-29-14-12-27)23-15-20-25-24-17(3)26(20)4/h18-19H,5-16H2,1-4H3,(H,22,23). The molecule has 3 heterocycles. The molecule has 0 aliphatic carbocycles. The second kappa shape index (κ2) is 10.9. The molecule has 1 aromatic heterocycles. The van der Waals surface area contributed by atoms with Crippen molar-refractivity contribution in [1.29, 1.82) is 0 Å². The molecular weight excluding hydrogens is 366 g/mol. The van der Waals surface area contributed by atoms with Gasteiger partial charge < -0.3 is 19.5 Å². The Morgan fingerprint density at radius 1 is 1.21 bits per heavy atom. The van der Waals surface area contributed by atoms with Gasteiger partial charge in [-0.1, -0.05) is 26.7 Å². The van der Waals surface area contributed by atoms with Crippen molar-refractivity contribution in [2.75, 3.05) is 52.5 Å². The highest BCUT2D eigenvalue weighted by atomic mass is 16.5. The Hall–Kier alpha value is -1.67. The molecule has 1 unspecified atom stereocenters. The molecule has 0 spiro atoms. The number of hydrogen-bond donors (Lipinski definition) is 1. The summed E-state index contributed by atoms with van der Waals surface area (Å²) < 4.78 is 7.48. The first-order valence-electron chi connectivity index (χ1n) is 11.3. The third-order valence-electron chi connectivity index (χ3n) is 6.61. The quantitative estimate of drug-likeness (QED) is 0.524. The van der Waals surface area contributed by atoms with Gasteiger partial charge in [-0.3, -0.25) is 4.90 Å². The summed E-state index contributed by atoms with van der Waals surface area (Å²) in [5.74, 6) is 4.44. The Bertz CT molecular complexity index is 649. The van der Waals surface area contributed by atoms with Gasteiger partial charge in [-0.15, -0.1) is 10.2 Å². The Morgan fingerprint density at radius 3 is 2.62 bits per heavy atom.